The molecule has 0 spiro atoms. The molecule has 0 saturated heterocycles. The molecular weight excluding hydrogens is 398 g/mol. The number of hydrogen-bond acceptors (Lipinski definition) is 7. The molecule has 4 rings (SSSR count). The number of aromatic nitrogens is 2. The standard InChI is InChI=1S/C23H19N3O5/c1-14-10-21(26-31-14)25-22(27)13-30-23(28)18-12-20(15-6-4-3-5-7-15)24-19-9-8-16(29-2)11-17(18)19/h3-12H,13H2,1-2H3,(H,25,26,27). The molecular formula is C23H19N3O5. The van der Waals surface area contributed by atoms with Gasteiger partial charge in [0.1, 0.15) is 11.5 Å². The number of methoxy groups -OCH3 is 1. The molecule has 2 heterocycles. The average Bonchev–Trinajstić information content (AvgIpc) is 3.21. The quantitative estimate of drug-likeness (QED) is 0.473. The summed E-state index contributed by atoms with van der Waals surface area (Å²) in [4.78, 5) is 29.7. The smallest absolute Gasteiger partial charge is 0.339 e. The Morgan fingerprint density at radius 2 is 1.87 bits per heavy atom. The molecule has 4 aromatic rings. The monoisotopic (exact) mass is 417 g/mol. The van der Waals surface area contributed by atoms with Crippen LogP contribution in [0.3, 0.4) is 0 Å². The second kappa shape index (κ2) is 8.66. The highest BCUT2D eigenvalue weighted by Gasteiger charge is 2.18. The number of esters is 1. The Labute approximate surface area is 177 Å². The van der Waals surface area contributed by atoms with E-state index in [4.69, 9.17) is 14.0 Å². The van der Waals surface area contributed by atoms with E-state index in [9.17, 15) is 9.59 Å². The van der Waals surface area contributed by atoms with Crippen LogP contribution in [-0.2, 0) is 9.53 Å². The molecule has 8 heteroatoms. The highest BCUT2D eigenvalue weighted by atomic mass is 16.5. The Morgan fingerprint density at radius 1 is 1.06 bits per heavy atom. The fourth-order valence-corrected chi connectivity index (χ4v) is 3.07. The molecule has 0 bridgehead atoms. The van der Waals surface area contributed by atoms with Crippen LogP contribution in [0, 0.1) is 6.92 Å². The Hall–Kier alpha value is -4.20. The number of nitrogens with one attached hydrogen (secondary N) is 1. The van der Waals surface area contributed by atoms with Gasteiger partial charge in [-0.15, -0.1) is 0 Å². The summed E-state index contributed by atoms with van der Waals surface area (Å²) in [6.07, 6.45) is 0. The third-order valence-corrected chi connectivity index (χ3v) is 4.54. The van der Waals surface area contributed by atoms with E-state index in [2.05, 4.69) is 15.5 Å². The average molecular weight is 417 g/mol. The van der Waals surface area contributed by atoms with Gasteiger partial charge in [-0.05, 0) is 31.2 Å². The van der Waals surface area contributed by atoms with Crippen molar-refractivity contribution in [1.29, 1.82) is 0 Å². The Balaban J connectivity index is 1.62. The lowest BCUT2D eigenvalue weighted by atomic mass is 10.0. The van der Waals surface area contributed by atoms with Gasteiger partial charge in [0.2, 0.25) is 0 Å². The van der Waals surface area contributed by atoms with Crippen LogP contribution in [-0.4, -0.2) is 35.7 Å². The Morgan fingerprint density at radius 3 is 2.58 bits per heavy atom. The number of hydrogen-bond donors (Lipinski definition) is 1. The van der Waals surface area contributed by atoms with Gasteiger partial charge in [-0.2, -0.15) is 0 Å². The lowest BCUT2D eigenvalue weighted by Crippen LogP contribution is -2.21. The third-order valence-electron chi connectivity index (χ3n) is 4.54. The molecule has 1 amide bonds. The number of nitrogens with zero attached hydrogens (tertiary/aromatic N) is 2. The SMILES string of the molecule is COc1ccc2nc(-c3ccccc3)cc(C(=O)OCC(=O)Nc3cc(C)on3)c2c1. The first kappa shape index (κ1) is 20.1. The molecule has 0 radical (unpaired) electrons. The Kier molecular flexibility index (Phi) is 5.61. The van der Waals surface area contributed by atoms with Crippen molar-refractivity contribution in [3.63, 3.8) is 0 Å². The predicted octanol–water partition coefficient (Wildman–Crippen LogP) is 4.00. The van der Waals surface area contributed by atoms with Crippen LogP contribution in [0.1, 0.15) is 16.1 Å². The number of carbonyl (C=O) groups is 2. The van der Waals surface area contributed by atoms with Gasteiger partial charge in [0.25, 0.3) is 5.91 Å². The predicted molar refractivity (Wildman–Crippen MR) is 114 cm³/mol. The lowest BCUT2D eigenvalue weighted by Gasteiger charge is -2.11. The minimum atomic E-state index is -0.649. The van der Waals surface area contributed by atoms with Gasteiger partial charge in [-0.25, -0.2) is 9.78 Å². The Bertz CT molecular complexity index is 1250. The van der Waals surface area contributed by atoms with Crippen LogP contribution < -0.4 is 10.1 Å². The molecule has 0 fully saturated rings. The highest BCUT2D eigenvalue weighted by molar-refractivity contribution is 6.06. The first-order chi connectivity index (χ1) is 15.0. The van der Waals surface area contributed by atoms with Gasteiger partial charge in [-0.1, -0.05) is 35.5 Å². The van der Waals surface area contributed by atoms with E-state index in [1.54, 1.807) is 44.4 Å². The van der Waals surface area contributed by atoms with E-state index in [0.29, 0.717) is 28.1 Å². The van der Waals surface area contributed by atoms with Crippen molar-refractivity contribution in [1.82, 2.24) is 10.1 Å². The molecule has 31 heavy (non-hydrogen) atoms. The minimum Gasteiger partial charge on any atom is -0.497 e. The van der Waals surface area contributed by atoms with Crippen LogP contribution in [0.25, 0.3) is 22.2 Å². The molecule has 0 aliphatic rings. The first-order valence-corrected chi connectivity index (χ1v) is 9.48. The zero-order valence-corrected chi connectivity index (χ0v) is 16.9. The second-order valence-corrected chi connectivity index (χ2v) is 6.75. The maximum absolute atomic E-state index is 12.9. The number of benzene rings is 2. The van der Waals surface area contributed by atoms with Crippen molar-refractivity contribution in [3.8, 4) is 17.0 Å². The lowest BCUT2D eigenvalue weighted by molar-refractivity contribution is -0.119. The normalized spacial score (nSPS) is 10.6. The topological polar surface area (TPSA) is 104 Å². The summed E-state index contributed by atoms with van der Waals surface area (Å²) in [5, 5.41) is 6.75. The molecule has 2 aromatic heterocycles. The first-order valence-electron chi connectivity index (χ1n) is 9.48. The molecule has 0 atom stereocenters. The van der Waals surface area contributed by atoms with Crippen LogP contribution in [0.2, 0.25) is 0 Å². The fourth-order valence-electron chi connectivity index (χ4n) is 3.07. The van der Waals surface area contributed by atoms with Crippen molar-refractivity contribution in [2.45, 2.75) is 6.92 Å². The summed E-state index contributed by atoms with van der Waals surface area (Å²) >= 11 is 0. The van der Waals surface area contributed by atoms with E-state index in [1.807, 2.05) is 30.3 Å². The number of anilines is 1. The maximum atomic E-state index is 12.9. The molecule has 0 saturated carbocycles. The van der Waals surface area contributed by atoms with Gasteiger partial charge in [0, 0.05) is 17.0 Å². The zero-order valence-electron chi connectivity index (χ0n) is 16.9. The largest absolute Gasteiger partial charge is 0.497 e. The zero-order chi connectivity index (χ0) is 21.8. The number of fused-ring (bicyclic) bond motifs is 1. The van der Waals surface area contributed by atoms with E-state index < -0.39 is 18.5 Å². The molecule has 0 aliphatic heterocycles. The van der Waals surface area contributed by atoms with E-state index in [1.165, 1.54) is 0 Å². The van der Waals surface area contributed by atoms with Crippen molar-refractivity contribution in [2.75, 3.05) is 19.0 Å². The van der Waals surface area contributed by atoms with Gasteiger partial charge in [0.15, 0.2) is 12.4 Å². The van der Waals surface area contributed by atoms with Crippen molar-refractivity contribution < 1.29 is 23.6 Å². The number of amides is 1. The van der Waals surface area contributed by atoms with E-state index in [-0.39, 0.29) is 11.4 Å². The van der Waals surface area contributed by atoms with Gasteiger partial charge in [-0.3, -0.25) is 4.79 Å². The second-order valence-electron chi connectivity index (χ2n) is 6.75. The van der Waals surface area contributed by atoms with Crippen molar-refractivity contribution in [2.24, 2.45) is 0 Å². The summed E-state index contributed by atoms with van der Waals surface area (Å²) in [5.74, 6) is 0.210. The minimum absolute atomic E-state index is 0.254. The molecule has 0 unspecified atom stereocenters. The summed E-state index contributed by atoms with van der Waals surface area (Å²) in [6, 6.07) is 18.0. The summed E-state index contributed by atoms with van der Waals surface area (Å²) in [5.41, 5.74) is 2.37. The number of ether oxygens (including phenoxy) is 2. The molecule has 1 N–H and O–H groups in total. The number of aryl methyl sites for hydroxylation is 1. The number of rotatable bonds is 6. The molecule has 0 aliphatic carbocycles. The fraction of sp³-hybridized carbons (Fsp3) is 0.130. The summed E-state index contributed by atoms with van der Waals surface area (Å²) in [6.45, 7) is 1.23. The molecule has 2 aromatic carbocycles. The maximum Gasteiger partial charge on any atom is 0.339 e. The molecule has 8 nitrogen and oxygen atoms in total. The van der Waals surface area contributed by atoms with Crippen molar-refractivity contribution in [3.05, 3.63) is 72.0 Å². The van der Waals surface area contributed by atoms with Gasteiger partial charge in [0.05, 0.1) is 23.9 Å². The molecule has 156 valence electrons. The summed E-state index contributed by atoms with van der Waals surface area (Å²) in [7, 11) is 1.54. The van der Waals surface area contributed by atoms with Crippen molar-refractivity contribution >= 4 is 28.6 Å². The van der Waals surface area contributed by atoms with E-state index >= 15 is 0 Å². The van der Waals surface area contributed by atoms with Crippen LogP contribution in [0.4, 0.5) is 5.82 Å². The van der Waals surface area contributed by atoms with Crippen LogP contribution >= 0.6 is 0 Å². The summed E-state index contributed by atoms with van der Waals surface area (Å²) < 4.78 is 15.4. The van der Waals surface area contributed by atoms with Crippen LogP contribution in [0.5, 0.6) is 5.75 Å². The van der Waals surface area contributed by atoms with Crippen LogP contribution in [0.15, 0.2) is 65.2 Å². The third kappa shape index (κ3) is 4.53. The van der Waals surface area contributed by atoms with Gasteiger partial charge < -0.3 is 19.3 Å². The number of carbonyl (C=O) groups excluding carboxylic acids is 2. The number of pyridine rings is 1. The van der Waals surface area contributed by atoms with Gasteiger partial charge >= 0.3 is 5.97 Å². The highest BCUT2D eigenvalue weighted by Crippen LogP contribution is 2.28. The van der Waals surface area contributed by atoms with E-state index in [0.717, 1.165) is 5.56 Å².